The Morgan fingerprint density at radius 2 is 2.20 bits per heavy atom. The molecule has 2 N–H and O–H groups in total. The Labute approximate surface area is 90.7 Å². The Kier molecular flexibility index (Phi) is 3.40. The smallest absolute Gasteiger partial charge is 0.0574 e. The van der Waals surface area contributed by atoms with E-state index in [1.165, 1.54) is 5.69 Å². The van der Waals surface area contributed by atoms with E-state index in [0.717, 1.165) is 38.4 Å². The van der Waals surface area contributed by atoms with Crippen LogP contribution in [-0.2, 0) is 0 Å². The summed E-state index contributed by atoms with van der Waals surface area (Å²) in [5.74, 6) is 0. The van der Waals surface area contributed by atoms with Crippen LogP contribution in [-0.4, -0.2) is 37.7 Å². The predicted octanol–water partition coefficient (Wildman–Crippen LogP) is 0.923. The second-order valence-electron chi connectivity index (χ2n) is 3.70. The van der Waals surface area contributed by atoms with Gasteiger partial charge in [0, 0.05) is 32.7 Å². The van der Waals surface area contributed by atoms with Crippen molar-refractivity contribution in [2.45, 2.75) is 6.92 Å². The third-order valence-corrected chi connectivity index (χ3v) is 2.59. The maximum atomic E-state index is 4.25. The summed E-state index contributed by atoms with van der Waals surface area (Å²) < 4.78 is 0. The first-order chi connectivity index (χ1) is 7.40. The molecule has 4 nitrogen and oxygen atoms in total. The molecule has 0 aliphatic carbocycles. The first kappa shape index (κ1) is 10.2. The van der Waals surface area contributed by atoms with Crippen LogP contribution in [0.2, 0.25) is 0 Å². The van der Waals surface area contributed by atoms with Gasteiger partial charge < -0.3 is 15.5 Å². The summed E-state index contributed by atoms with van der Waals surface area (Å²) in [5, 5.41) is 6.63. The van der Waals surface area contributed by atoms with Crippen molar-refractivity contribution in [2.75, 3.05) is 42.9 Å². The number of pyridine rings is 1. The number of hydrogen-bond donors (Lipinski definition) is 2. The first-order valence-corrected chi connectivity index (χ1v) is 5.54. The molecule has 2 rings (SSSR count). The number of piperazine rings is 1. The summed E-state index contributed by atoms with van der Waals surface area (Å²) in [5.41, 5.74) is 2.32. The van der Waals surface area contributed by atoms with Crippen molar-refractivity contribution in [3.63, 3.8) is 0 Å². The van der Waals surface area contributed by atoms with Crippen molar-refractivity contribution in [1.29, 1.82) is 0 Å². The number of hydrogen-bond acceptors (Lipinski definition) is 4. The molecule has 15 heavy (non-hydrogen) atoms. The molecule has 1 aliphatic heterocycles. The lowest BCUT2D eigenvalue weighted by molar-refractivity contribution is 0.589. The zero-order valence-corrected chi connectivity index (χ0v) is 9.16. The molecule has 1 saturated heterocycles. The van der Waals surface area contributed by atoms with Crippen molar-refractivity contribution >= 4 is 11.4 Å². The Bertz CT molecular complexity index is 307. The second kappa shape index (κ2) is 4.98. The van der Waals surface area contributed by atoms with E-state index in [1.807, 2.05) is 12.4 Å². The molecule has 0 amide bonds. The van der Waals surface area contributed by atoms with Gasteiger partial charge in [-0.2, -0.15) is 0 Å². The summed E-state index contributed by atoms with van der Waals surface area (Å²) in [6, 6.07) is 2.17. The van der Waals surface area contributed by atoms with Crippen LogP contribution in [0.15, 0.2) is 18.5 Å². The average Bonchev–Trinajstić information content (AvgIpc) is 2.31. The van der Waals surface area contributed by atoms with E-state index in [0.29, 0.717) is 0 Å². The summed E-state index contributed by atoms with van der Waals surface area (Å²) in [4.78, 5) is 6.62. The lowest BCUT2D eigenvalue weighted by atomic mass is 10.3. The molecular weight excluding hydrogens is 188 g/mol. The Balaban J connectivity index is 2.09. The predicted molar refractivity (Wildman–Crippen MR) is 63.5 cm³/mol. The van der Waals surface area contributed by atoms with Gasteiger partial charge in [-0.1, -0.05) is 0 Å². The molecule has 0 radical (unpaired) electrons. The zero-order chi connectivity index (χ0) is 10.5. The van der Waals surface area contributed by atoms with Crippen molar-refractivity contribution in [2.24, 2.45) is 0 Å². The van der Waals surface area contributed by atoms with Gasteiger partial charge >= 0.3 is 0 Å². The fourth-order valence-electron chi connectivity index (χ4n) is 1.82. The third kappa shape index (κ3) is 2.59. The van der Waals surface area contributed by atoms with E-state index in [2.05, 4.69) is 33.5 Å². The van der Waals surface area contributed by atoms with Crippen molar-refractivity contribution in [3.8, 4) is 0 Å². The van der Waals surface area contributed by atoms with Crippen molar-refractivity contribution in [3.05, 3.63) is 18.5 Å². The monoisotopic (exact) mass is 206 g/mol. The molecule has 0 atom stereocenters. The molecule has 4 heteroatoms. The molecule has 0 aromatic carbocycles. The highest BCUT2D eigenvalue weighted by molar-refractivity contribution is 5.55. The Morgan fingerprint density at radius 1 is 1.40 bits per heavy atom. The minimum Gasteiger partial charge on any atom is -0.384 e. The van der Waals surface area contributed by atoms with E-state index in [4.69, 9.17) is 0 Å². The highest BCUT2D eigenvalue weighted by atomic mass is 15.2. The first-order valence-electron chi connectivity index (χ1n) is 5.54. The molecule has 0 unspecified atom stereocenters. The van der Waals surface area contributed by atoms with Gasteiger partial charge in [0.05, 0.1) is 23.8 Å². The number of nitrogens with zero attached hydrogens (tertiary/aromatic N) is 2. The van der Waals surface area contributed by atoms with Crippen molar-refractivity contribution < 1.29 is 0 Å². The second-order valence-corrected chi connectivity index (χ2v) is 3.70. The van der Waals surface area contributed by atoms with Crippen LogP contribution >= 0.6 is 0 Å². The maximum Gasteiger partial charge on any atom is 0.0574 e. The van der Waals surface area contributed by atoms with E-state index in [9.17, 15) is 0 Å². The fraction of sp³-hybridized carbons (Fsp3) is 0.545. The van der Waals surface area contributed by atoms with Gasteiger partial charge in [-0.3, -0.25) is 4.98 Å². The highest BCUT2D eigenvalue weighted by Gasteiger charge is 2.10. The van der Waals surface area contributed by atoms with Gasteiger partial charge in [0.15, 0.2) is 0 Å². The van der Waals surface area contributed by atoms with E-state index in [1.54, 1.807) is 0 Å². The van der Waals surface area contributed by atoms with Crippen LogP contribution in [0.5, 0.6) is 0 Å². The Morgan fingerprint density at radius 3 is 2.93 bits per heavy atom. The Hall–Kier alpha value is -1.29. The lowest BCUT2D eigenvalue weighted by Crippen LogP contribution is -2.43. The topological polar surface area (TPSA) is 40.2 Å². The minimum atomic E-state index is 0.937. The summed E-state index contributed by atoms with van der Waals surface area (Å²) >= 11 is 0. The van der Waals surface area contributed by atoms with Crippen LogP contribution in [0.25, 0.3) is 0 Å². The lowest BCUT2D eigenvalue weighted by Gasteiger charge is -2.29. The molecule has 1 aromatic heterocycles. The molecule has 1 aliphatic rings. The summed E-state index contributed by atoms with van der Waals surface area (Å²) in [6.45, 7) is 7.29. The van der Waals surface area contributed by atoms with Gasteiger partial charge in [-0.05, 0) is 13.0 Å². The summed E-state index contributed by atoms with van der Waals surface area (Å²) in [7, 11) is 0. The minimum absolute atomic E-state index is 0.937. The standard InChI is InChI=1S/C11H18N4/c1-2-14-10-7-11(9-13-8-10)15-5-3-12-4-6-15/h7-9,12,14H,2-6H2,1H3. The summed E-state index contributed by atoms with van der Waals surface area (Å²) in [6.07, 6.45) is 3.81. The largest absolute Gasteiger partial charge is 0.384 e. The van der Waals surface area contributed by atoms with Crippen molar-refractivity contribution in [1.82, 2.24) is 10.3 Å². The number of anilines is 2. The third-order valence-electron chi connectivity index (χ3n) is 2.59. The average molecular weight is 206 g/mol. The molecule has 1 fully saturated rings. The molecule has 0 saturated carbocycles. The van der Waals surface area contributed by atoms with Gasteiger partial charge in [0.25, 0.3) is 0 Å². The molecule has 82 valence electrons. The maximum absolute atomic E-state index is 4.25. The zero-order valence-electron chi connectivity index (χ0n) is 9.16. The van der Waals surface area contributed by atoms with Crippen LogP contribution in [0.1, 0.15) is 6.92 Å². The fourth-order valence-corrected chi connectivity index (χ4v) is 1.82. The normalized spacial score (nSPS) is 16.5. The van der Waals surface area contributed by atoms with Crippen LogP contribution in [0.3, 0.4) is 0 Å². The number of rotatable bonds is 3. The molecular formula is C11H18N4. The van der Waals surface area contributed by atoms with Crippen LogP contribution < -0.4 is 15.5 Å². The quantitative estimate of drug-likeness (QED) is 0.771. The molecule has 1 aromatic rings. The molecule has 0 spiro atoms. The molecule has 2 heterocycles. The number of nitrogens with one attached hydrogen (secondary N) is 2. The van der Waals surface area contributed by atoms with Gasteiger partial charge in [0.1, 0.15) is 0 Å². The number of aromatic nitrogens is 1. The highest BCUT2D eigenvalue weighted by Crippen LogP contribution is 2.17. The van der Waals surface area contributed by atoms with Crippen LogP contribution in [0, 0.1) is 0 Å². The van der Waals surface area contributed by atoms with Gasteiger partial charge in [-0.25, -0.2) is 0 Å². The molecule has 0 bridgehead atoms. The van der Waals surface area contributed by atoms with E-state index < -0.39 is 0 Å². The van der Waals surface area contributed by atoms with E-state index >= 15 is 0 Å². The SMILES string of the molecule is CCNc1cncc(N2CCNCC2)c1. The van der Waals surface area contributed by atoms with E-state index in [-0.39, 0.29) is 0 Å². The van der Waals surface area contributed by atoms with Crippen LogP contribution in [0.4, 0.5) is 11.4 Å². The van der Waals surface area contributed by atoms with Gasteiger partial charge in [0.2, 0.25) is 0 Å². The van der Waals surface area contributed by atoms with Gasteiger partial charge in [-0.15, -0.1) is 0 Å².